The van der Waals surface area contributed by atoms with Crippen LogP contribution in [0.1, 0.15) is 34.0 Å². The van der Waals surface area contributed by atoms with E-state index in [-0.39, 0.29) is 5.78 Å². The van der Waals surface area contributed by atoms with Crippen molar-refractivity contribution >= 4 is 11.9 Å². The van der Waals surface area contributed by atoms with Gasteiger partial charge in [0, 0.05) is 5.56 Å². The van der Waals surface area contributed by atoms with Crippen molar-refractivity contribution in [1.82, 2.24) is 0 Å². The summed E-state index contributed by atoms with van der Waals surface area (Å²) in [7, 11) is 0. The molecule has 0 aliphatic carbocycles. The lowest BCUT2D eigenvalue weighted by Crippen LogP contribution is -2.00. The smallest absolute Gasteiger partial charge is 0.231 e. The molecule has 3 nitrogen and oxygen atoms in total. The van der Waals surface area contributed by atoms with Gasteiger partial charge in [-0.1, -0.05) is 36.4 Å². The van der Waals surface area contributed by atoms with Gasteiger partial charge in [0.15, 0.2) is 5.76 Å². The molecule has 0 spiro atoms. The van der Waals surface area contributed by atoms with Crippen molar-refractivity contribution in [2.24, 2.45) is 0 Å². The van der Waals surface area contributed by atoms with E-state index in [1.165, 1.54) is 5.56 Å². The molecular weight excluding hydrogens is 300 g/mol. The molecule has 0 atom stereocenters. The molecule has 0 amide bonds. The van der Waals surface area contributed by atoms with Gasteiger partial charge in [-0.25, -0.2) is 0 Å². The Kier molecular flexibility index (Phi) is 4.26. The number of carbonyl (C=O) groups excluding carboxylic acids is 1. The number of fused-ring (bicyclic) bond motifs is 1. The van der Waals surface area contributed by atoms with Crippen LogP contribution in [-0.2, 0) is 0 Å². The van der Waals surface area contributed by atoms with Gasteiger partial charge in [0.05, 0.1) is 5.56 Å². The maximum absolute atomic E-state index is 12.5. The van der Waals surface area contributed by atoms with Crippen LogP contribution in [-0.4, -0.2) is 12.4 Å². The Labute approximate surface area is 142 Å². The van der Waals surface area contributed by atoms with Crippen LogP contribution < -0.4 is 9.47 Å². The van der Waals surface area contributed by atoms with Gasteiger partial charge < -0.3 is 9.47 Å². The first-order chi connectivity index (χ1) is 11.5. The third-order valence-corrected chi connectivity index (χ3v) is 3.89. The zero-order chi connectivity index (χ0) is 17.3. The van der Waals surface area contributed by atoms with Crippen LogP contribution in [0.25, 0.3) is 6.08 Å². The molecule has 0 saturated carbocycles. The first-order valence-electron chi connectivity index (χ1n) is 7.87. The quantitative estimate of drug-likeness (QED) is 0.595. The lowest BCUT2D eigenvalue weighted by atomic mass is 10.1. The Morgan fingerprint density at radius 2 is 1.88 bits per heavy atom. The second-order valence-electron chi connectivity index (χ2n) is 6.16. The normalized spacial score (nSPS) is 14.5. The first kappa shape index (κ1) is 16.1. The molecule has 0 unspecified atom stereocenters. The van der Waals surface area contributed by atoms with E-state index in [0.29, 0.717) is 29.4 Å². The van der Waals surface area contributed by atoms with Gasteiger partial charge in [0.2, 0.25) is 5.78 Å². The number of aryl methyl sites for hydroxylation is 1. The van der Waals surface area contributed by atoms with E-state index < -0.39 is 0 Å². The van der Waals surface area contributed by atoms with Gasteiger partial charge in [0.1, 0.15) is 18.1 Å². The van der Waals surface area contributed by atoms with E-state index >= 15 is 0 Å². The van der Waals surface area contributed by atoms with E-state index in [1.54, 1.807) is 12.1 Å². The van der Waals surface area contributed by atoms with Crippen LogP contribution in [0.2, 0.25) is 0 Å². The molecule has 1 aliphatic heterocycles. The van der Waals surface area contributed by atoms with Crippen LogP contribution in [0.15, 0.2) is 54.3 Å². The van der Waals surface area contributed by atoms with Gasteiger partial charge in [-0.2, -0.15) is 0 Å². The minimum Gasteiger partial charge on any atom is -0.489 e. The topological polar surface area (TPSA) is 35.5 Å². The Balaban J connectivity index is 1.90. The van der Waals surface area contributed by atoms with Gasteiger partial charge in [-0.3, -0.25) is 4.79 Å². The lowest BCUT2D eigenvalue weighted by molar-refractivity contribution is 0.101. The van der Waals surface area contributed by atoms with Crippen molar-refractivity contribution in [2.45, 2.75) is 20.8 Å². The molecule has 1 heterocycles. The van der Waals surface area contributed by atoms with Crippen molar-refractivity contribution in [3.05, 3.63) is 76.6 Å². The van der Waals surface area contributed by atoms with Gasteiger partial charge in [-0.05, 0) is 50.1 Å². The molecule has 3 heteroatoms. The number of benzene rings is 2. The fourth-order valence-corrected chi connectivity index (χ4v) is 2.54. The van der Waals surface area contributed by atoms with E-state index in [1.807, 2.05) is 51.1 Å². The summed E-state index contributed by atoms with van der Waals surface area (Å²) in [6, 6.07) is 11.5. The highest BCUT2D eigenvalue weighted by Crippen LogP contribution is 2.39. The van der Waals surface area contributed by atoms with Crippen molar-refractivity contribution in [3.8, 4) is 11.5 Å². The second-order valence-corrected chi connectivity index (χ2v) is 6.16. The molecule has 0 radical (unpaired) electrons. The highest BCUT2D eigenvalue weighted by molar-refractivity contribution is 6.14. The predicted molar refractivity (Wildman–Crippen MR) is 95.6 cm³/mol. The van der Waals surface area contributed by atoms with Crippen LogP contribution >= 0.6 is 0 Å². The zero-order valence-electron chi connectivity index (χ0n) is 14.2. The Morgan fingerprint density at radius 1 is 1.17 bits per heavy atom. The maximum atomic E-state index is 12.5. The molecule has 24 heavy (non-hydrogen) atoms. The number of allylic oxidation sites excluding steroid dienone is 1. The molecule has 1 aliphatic rings. The molecule has 0 saturated heterocycles. The monoisotopic (exact) mass is 320 g/mol. The van der Waals surface area contributed by atoms with Crippen LogP contribution in [0.4, 0.5) is 0 Å². The van der Waals surface area contributed by atoms with Gasteiger partial charge >= 0.3 is 0 Å². The summed E-state index contributed by atoms with van der Waals surface area (Å²) >= 11 is 0. The predicted octanol–water partition coefficient (Wildman–Crippen LogP) is 4.87. The highest BCUT2D eigenvalue weighted by Gasteiger charge is 2.30. The van der Waals surface area contributed by atoms with Gasteiger partial charge in [-0.15, -0.1) is 0 Å². The molecule has 2 aromatic rings. The van der Waals surface area contributed by atoms with E-state index in [2.05, 4.69) is 6.58 Å². The van der Waals surface area contributed by atoms with Crippen molar-refractivity contribution in [2.75, 3.05) is 6.61 Å². The largest absolute Gasteiger partial charge is 0.489 e. The first-order valence-corrected chi connectivity index (χ1v) is 7.87. The number of ether oxygens (including phenoxy) is 2. The summed E-state index contributed by atoms with van der Waals surface area (Å²) in [5.74, 6) is 1.54. The average molecular weight is 320 g/mol. The number of rotatable bonds is 4. The standard InChI is InChI=1S/C21H20O3/c1-13(2)12-23-18-10-9-17-20(22)19(24-21(17)15(18)4)11-16-7-5-14(3)6-8-16/h5-11H,1,12H2,2-4H3/b19-11-. The number of ketones is 1. The van der Waals surface area contributed by atoms with Crippen molar-refractivity contribution in [3.63, 3.8) is 0 Å². The number of carbonyl (C=O) groups is 1. The molecule has 0 bridgehead atoms. The van der Waals surface area contributed by atoms with E-state index in [0.717, 1.165) is 16.7 Å². The Hall–Kier alpha value is -2.81. The van der Waals surface area contributed by atoms with E-state index in [9.17, 15) is 4.79 Å². The molecular formula is C21H20O3. The third kappa shape index (κ3) is 3.11. The number of hydrogen-bond acceptors (Lipinski definition) is 3. The summed E-state index contributed by atoms with van der Waals surface area (Å²) in [6.07, 6.45) is 1.77. The highest BCUT2D eigenvalue weighted by atomic mass is 16.5. The molecule has 0 aromatic heterocycles. The van der Waals surface area contributed by atoms with Crippen molar-refractivity contribution < 1.29 is 14.3 Å². The van der Waals surface area contributed by atoms with Crippen LogP contribution in [0.3, 0.4) is 0 Å². The number of hydrogen-bond donors (Lipinski definition) is 0. The van der Waals surface area contributed by atoms with Gasteiger partial charge in [0.25, 0.3) is 0 Å². The zero-order valence-corrected chi connectivity index (χ0v) is 14.2. The fraction of sp³-hybridized carbons (Fsp3) is 0.190. The molecule has 2 aromatic carbocycles. The molecule has 3 rings (SSSR count). The average Bonchev–Trinajstić information content (AvgIpc) is 2.86. The Bertz CT molecular complexity index is 842. The van der Waals surface area contributed by atoms with Crippen LogP contribution in [0, 0.1) is 13.8 Å². The third-order valence-electron chi connectivity index (χ3n) is 3.89. The minimum atomic E-state index is -0.0971. The summed E-state index contributed by atoms with van der Waals surface area (Å²) in [6.45, 7) is 10.1. The summed E-state index contributed by atoms with van der Waals surface area (Å²) in [5, 5.41) is 0. The minimum absolute atomic E-state index is 0.0971. The number of Topliss-reactive ketones (excluding diaryl/α,β-unsaturated/α-hetero) is 1. The molecule has 122 valence electrons. The SMILES string of the molecule is C=C(C)COc1ccc2c(c1C)O/C(=C\c1ccc(C)cc1)C2=O. The second kappa shape index (κ2) is 6.36. The molecule has 0 N–H and O–H groups in total. The van der Waals surface area contributed by atoms with Crippen LogP contribution in [0.5, 0.6) is 11.5 Å². The molecule has 0 fully saturated rings. The lowest BCUT2D eigenvalue weighted by Gasteiger charge is -2.11. The summed E-state index contributed by atoms with van der Waals surface area (Å²) in [5.41, 5.74) is 4.46. The summed E-state index contributed by atoms with van der Waals surface area (Å²) < 4.78 is 11.6. The summed E-state index contributed by atoms with van der Waals surface area (Å²) in [4.78, 5) is 12.5. The maximum Gasteiger partial charge on any atom is 0.231 e. The van der Waals surface area contributed by atoms with E-state index in [4.69, 9.17) is 9.47 Å². The fourth-order valence-electron chi connectivity index (χ4n) is 2.54. The Morgan fingerprint density at radius 3 is 2.54 bits per heavy atom. The van der Waals surface area contributed by atoms with Crippen molar-refractivity contribution in [1.29, 1.82) is 0 Å².